The summed E-state index contributed by atoms with van der Waals surface area (Å²) in [5.74, 6) is 0.188. The maximum atomic E-state index is 12.8. The van der Waals surface area contributed by atoms with Gasteiger partial charge in [-0.1, -0.05) is 77.9 Å². The van der Waals surface area contributed by atoms with E-state index >= 15 is 0 Å². The van der Waals surface area contributed by atoms with Crippen LogP contribution in [-0.4, -0.2) is 82.9 Å². The highest BCUT2D eigenvalue weighted by molar-refractivity contribution is 5.90. The number of hydrogen-bond acceptors (Lipinski definition) is 9. The quantitative estimate of drug-likeness (QED) is 0.125. The lowest BCUT2D eigenvalue weighted by Crippen LogP contribution is -2.58. The monoisotopic (exact) mass is 675 g/mol. The van der Waals surface area contributed by atoms with Crippen LogP contribution in [0.3, 0.4) is 0 Å². The summed E-state index contributed by atoms with van der Waals surface area (Å²) in [6, 6.07) is 20.6. The normalized spacial score (nSPS) is 24.3. The van der Waals surface area contributed by atoms with Gasteiger partial charge in [-0.05, 0) is 95.1 Å². The Hall–Kier alpha value is -3.31. The first-order valence-electron chi connectivity index (χ1n) is 17.5. The summed E-state index contributed by atoms with van der Waals surface area (Å²) < 4.78 is 16.8. The molecule has 0 bridgehead atoms. The SMILES string of the molecule is CC(C)NCCCCOc1ccc(-c2ccc(C(=O)OC[C@H]3OC(O)[C@@H](O)[C@@H](O)[C@@H]3O)cc2)cc1-c1ccc2c(c1)C(C)(C)CCC2(C)C. The molecule has 266 valence electrons. The van der Waals surface area contributed by atoms with E-state index in [-0.39, 0.29) is 10.8 Å². The number of nitrogens with one attached hydrogen (secondary N) is 1. The number of aliphatic hydroxyl groups is 4. The number of benzene rings is 3. The molecular formula is C40H53NO8. The predicted octanol–water partition coefficient (Wildman–Crippen LogP) is 5.48. The number of aliphatic hydroxyl groups excluding tert-OH is 4. The molecule has 3 aromatic carbocycles. The van der Waals surface area contributed by atoms with Crippen molar-refractivity contribution in [3.05, 3.63) is 77.4 Å². The lowest BCUT2D eigenvalue weighted by Gasteiger charge is -2.42. The van der Waals surface area contributed by atoms with Crippen molar-refractivity contribution in [2.24, 2.45) is 0 Å². The lowest BCUT2D eigenvalue weighted by molar-refractivity contribution is -0.286. The average molecular weight is 676 g/mol. The molecule has 1 fully saturated rings. The van der Waals surface area contributed by atoms with Gasteiger partial charge in [-0.15, -0.1) is 0 Å². The van der Waals surface area contributed by atoms with Crippen LogP contribution in [-0.2, 0) is 20.3 Å². The van der Waals surface area contributed by atoms with Crippen molar-refractivity contribution < 1.29 is 39.4 Å². The zero-order chi connectivity index (χ0) is 35.5. The van der Waals surface area contributed by atoms with Gasteiger partial charge in [-0.3, -0.25) is 0 Å². The van der Waals surface area contributed by atoms with Gasteiger partial charge in [-0.25, -0.2) is 4.79 Å². The average Bonchev–Trinajstić information content (AvgIpc) is 3.08. The number of fused-ring (bicyclic) bond motifs is 1. The van der Waals surface area contributed by atoms with Crippen molar-refractivity contribution in [3.63, 3.8) is 0 Å². The highest BCUT2D eigenvalue weighted by Gasteiger charge is 2.43. The lowest BCUT2D eigenvalue weighted by atomic mass is 9.63. The highest BCUT2D eigenvalue weighted by Crippen LogP contribution is 2.47. The molecule has 0 radical (unpaired) electrons. The summed E-state index contributed by atoms with van der Waals surface area (Å²) in [7, 11) is 0. The van der Waals surface area contributed by atoms with Crippen molar-refractivity contribution >= 4 is 5.97 Å². The first kappa shape index (κ1) is 37.0. The van der Waals surface area contributed by atoms with Crippen LogP contribution < -0.4 is 10.1 Å². The number of carbonyl (C=O) groups excluding carboxylic acids is 1. The minimum Gasteiger partial charge on any atom is -0.493 e. The molecule has 1 unspecified atom stereocenters. The molecule has 1 saturated heterocycles. The van der Waals surface area contributed by atoms with Crippen LogP contribution in [0.2, 0.25) is 0 Å². The van der Waals surface area contributed by atoms with Gasteiger partial charge in [0.25, 0.3) is 0 Å². The van der Waals surface area contributed by atoms with E-state index in [1.54, 1.807) is 12.1 Å². The first-order valence-corrected chi connectivity index (χ1v) is 17.5. The summed E-state index contributed by atoms with van der Waals surface area (Å²) in [6.07, 6.45) is -3.44. The van der Waals surface area contributed by atoms with Gasteiger partial charge in [0.2, 0.25) is 0 Å². The smallest absolute Gasteiger partial charge is 0.338 e. The summed E-state index contributed by atoms with van der Waals surface area (Å²) in [5, 5.41) is 43.0. The second-order valence-electron chi connectivity index (χ2n) is 15.1. The third kappa shape index (κ3) is 8.53. The molecule has 0 aromatic heterocycles. The molecule has 9 heteroatoms. The van der Waals surface area contributed by atoms with E-state index < -0.39 is 43.3 Å². The summed E-state index contributed by atoms with van der Waals surface area (Å²) in [4.78, 5) is 12.8. The number of ether oxygens (including phenoxy) is 3. The molecule has 5 N–H and O–H groups in total. The molecule has 1 aliphatic carbocycles. The number of unbranched alkanes of at least 4 members (excludes halogenated alkanes) is 1. The Labute approximate surface area is 290 Å². The maximum Gasteiger partial charge on any atom is 0.338 e. The third-order valence-electron chi connectivity index (χ3n) is 10.0. The van der Waals surface area contributed by atoms with Gasteiger partial charge in [0.15, 0.2) is 6.29 Å². The van der Waals surface area contributed by atoms with Crippen molar-refractivity contribution in [1.29, 1.82) is 0 Å². The van der Waals surface area contributed by atoms with E-state index in [0.717, 1.165) is 60.2 Å². The van der Waals surface area contributed by atoms with Crippen LogP contribution in [0.4, 0.5) is 0 Å². The fourth-order valence-electron chi connectivity index (χ4n) is 6.73. The van der Waals surface area contributed by atoms with Crippen molar-refractivity contribution in [3.8, 4) is 28.0 Å². The second-order valence-corrected chi connectivity index (χ2v) is 15.1. The van der Waals surface area contributed by atoms with Crippen molar-refractivity contribution in [2.45, 2.75) is 115 Å². The number of rotatable bonds is 12. The number of hydrogen-bond donors (Lipinski definition) is 5. The molecule has 3 aromatic rings. The number of carbonyl (C=O) groups is 1. The van der Waals surface area contributed by atoms with Gasteiger partial charge in [0.1, 0.15) is 36.8 Å². The van der Waals surface area contributed by atoms with Gasteiger partial charge in [0.05, 0.1) is 12.2 Å². The molecular weight excluding hydrogens is 622 g/mol. The fourth-order valence-corrected chi connectivity index (χ4v) is 6.73. The van der Waals surface area contributed by atoms with Crippen LogP contribution in [0.25, 0.3) is 22.3 Å². The minimum atomic E-state index is -1.70. The van der Waals surface area contributed by atoms with Crippen LogP contribution in [0.15, 0.2) is 60.7 Å². The van der Waals surface area contributed by atoms with E-state index in [9.17, 15) is 25.2 Å². The second kappa shape index (κ2) is 15.3. The van der Waals surface area contributed by atoms with Gasteiger partial charge in [-0.2, -0.15) is 0 Å². The van der Waals surface area contributed by atoms with Crippen LogP contribution >= 0.6 is 0 Å². The van der Waals surface area contributed by atoms with E-state index in [4.69, 9.17) is 14.2 Å². The van der Waals surface area contributed by atoms with Crippen LogP contribution in [0, 0.1) is 0 Å². The zero-order valence-electron chi connectivity index (χ0n) is 29.6. The molecule has 9 nitrogen and oxygen atoms in total. The van der Waals surface area contributed by atoms with Crippen LogP contribution in [0.1, 0.15) is 88.7 Å². The van der Waals surface area contributed by atoms with E-state index in [2.05, 4.69) is 71.1 Å². The van der Waals surface area contributed by atoms with Crippen molar-refractivity contribution in [2.75, 3.05) is 19.8 Å². The molecule has 0 amide bonds. The van der Waals surface area contributed by atoms with Crippen molar-refractivity contribution in [1.82, 2.24) is 5.32 Å². The third-order valence-corrected chi connectivity index (χ3v) is 10.0. The molecule has 2 aliphatic rings. The molecule has 1 aliphatic heterocycles. The fraction of sp³-hybridized carbons (Fsp3) is 0.525. The Bertz CT molecular complexity index is 1580. The van der Waals surface area contributed by atoms with E-state index in [1.807, 2.05) is 24.3 Å². The Kier molecular flexibility index (Phi) is 11.5. The Morgan fingerprint density at radius 3 is 2.16 bits per heavy atom. The Balaban J connectivity index is 1.36. The molecule has 5 atom stereocenters. The highest BCUT2D eigenvalue weighted by atomic mass is 16.6. The predicted molar refractivity (Wildman–Crippen MR) is 190 cm³/mol. The van der Waals surface area contributed by atoms with Gasteiger partial charge in [0, 0.05) is 11.6 Å². The zero-order valence-corrected chi connectivity index (χ0v) is 29.6. The Morgan fingerprint density at radius 1 is 0.816 bits per heavy atom. The molecule has 49 heavy (non-hydrogen) atoms. The largest absolute Gasteiger partial charge is 0.493 e. The van der Waals surface area contributed by atoms with E-state index in [1.165, 1.54) is 11.1 Å². The first-order chi connectivity index (χ1) is 23.2. The standard InChI is InChI=1S/C40H53NO8/c1-24(2)41-19-7-8-20-47-32-16-14-27(21-29(32)28-13-15-30-31(22-28)40(5,6)18-17-39(30,3)4)25-9-11-26(12-10-25)37(45)48-23-33-34(42)35(43)36(44)38(46)49-33/h9-16,21-22,24,33-36,38,41-44,46H,7-8,17-20,23H2,1-6H3/t33-,34-,35+,36+,38?/m1/s1. The maximum absolute atomic E-state index is 12.8. The summed E-state index contributed by atoms with van der Waals surface area (Å²) >= 11 is 0. The molecule has 1 heterocycles. The van der Waals surface area contributed by atoms with Crippen LogP contribution in [0.5, 0.6) is 5.75 Å². The number of esters is 1. The summed E-state index contributed by atoms with van der Waals surface area (Å²) in [5.41, 5.74) is 7.27. The summed E-state index contributed by atoms with van der Waals surface area (Å²) in [6.45, 7) is 14.8. The van der Waals surface area contributed by atoms with E-state index in [0.29, 0.717) is 18.2 Å². The molecule has 0 spiro atoms. The van der Waals surface area contributed by atoms with Gasteiger partial charge < -0.3 is 40.0 Å². The molecule has 0 saturated carbocycles. The minimum absolute atomic E-state index is 0.0649. The topological polar surface area (TPSA) is 138 Å². The van der Waals surface area contributed by atoms with Gasteiger partial charge >= 0.3 is 5.97 Å². The Morgan fingerprint density at radius 2 is 1.47 bits per heavy atom. The molecule has 5 rings (SSSR count).